The number of nitrogens with one attached hydrogen (secondary N) is 1. The number of nitrogens with zero attached hydrogens (tertiary/aromatic N) is 3. The topological polar surface area (TPSA) is 87.5 Å². The van der Waals surface area contributed by atoms with Gasteiger partial charge in [-0.1, -0.05) is 6.07 Å². The summed E-state index contributed by atoms with van der Waals surface area (Å²) in [5.74, 6) is -0.121. The molecule has 0 saturated carbocycles. The van der Waals surface area contributed by atoms with Crippen LogP contribution in [0.25, 0.3) is 0 Å². The Morgan fingerprint density at radius 3 is 2.73 bits per heavy atom. The van der Waals surface area contributed by atoms with Gasteiger partial charge in [-0.05, 0) is 24.6 Å². The van der Waals surface area contributed by atoms with Crippen molar-refractivity contribution in [2.24, 2.45) is 0 Å². The molecule has 1 aromatic carbocycles. The summed E-state index contributed by atoms with van der Waals surface area (Å²) in [5, 5.41) is 7.14. The molecule has 0 spiro atoms. The van der Waals surface area contributed by atoms with Gasteiger partial charge in [-0.15, -0.1) is 0 Å². The van der Waals surface area contributed by atoms with Crippen LogP contribution >= 0.6 is 0 Å². The van der Waals surface area contributed by atoms with E-state index < -0.39 is 18.6 Å². The van der Waals surface area contributed by atoms with E-state index in [0.717, 1.165) is 0 Å². The summed E-state index contributed by atoms with van der Waals surface area (Å²) in [6.45, 7) is -1.27. The van der Waals surface area contributed by atoms with Crippen molar-refractivity contribution in [2.45, 2.75) is 19.6 Å². The van der Waals surface area contributed by atoms with Gasteiger partial charge in [-0.2, -0.15) is 18.9 Å². The summed E-state index contributed by atoms with van der Waals surface area (Å²) in [7, 11) is 2.61. The quantitative estimate of drug-likeness (QED) is 0.813. The highest BCUT2D eigenvalue weighted by molar-refractivity contribution is 5.92. The van der Waals surface area contributed by atoms with E-state index in [-0.39, 0.29) is 11.5 Å². The summed E-state index contributed by atoms with van der Waals surface area (Å²) in [6, 6.07) is 3.74. The molecule has 1 aliphatic rings. The summed E-state index contributed by atoms with van der Waals surface area (Å²) in [6.07, 6.45) is 1.34. The van der Waals surface area contributed by atoms with Crippen LogP contribution in [0.15, 0.2) is 35.8 Å². The second-order valence-electron chi connectivity index (χ2n) is 5.37. The molecule has 2 aromatic rings. The van der Waals surface area contributed by atoms with Crippen molar-refractivity contribution in [3.8, 4) is 11.5 Å². The first-order chi connectivity index (χ1) is 12.5. The smallest absolute Gasteiger partial charge is 0.387 e. The second-order valence-corrected chi connectivity index (χ2v) is 5.37. The Balaban J connectivity index is 2.12. The minimum atomic E-state index is -2.98. The van der Waals surface area contributed by atoms with Crippen LogP contribution in [-0.4, -0.2) is 41.6 Å². The average molecular weight is 366 g/mol. The third-order valence-electron chi connectivity index (χ3n) is 3.92. The molecule has 1 N–H and O–H groups in total. The number of hydrogen-bond donors (Lipinski definition) is 1. The fraction of sp³-hybridized carbons (Fsp3) is 0.312. The maximum Gasteiger partial charge on any atom is 0.387 e. The number of carbonyl (C=O) groups is 1. The van der Waals surface area contributed by atoms with Gasteiger partial charge in [-0.25, -0.2) is 9.48 Å². The Morgan fingerprint density at radius 1 is 1.31 bits per heavy atom. The molecule has 2 heterocycles. The van der Waals surface area contributed by atoms with E-state index in [9.17, 15) is 13.6 Å². The van der Waals surface area contributed by atoms with E-state index in [2.05, 4.69) is 20.1 Å². The molecule has 0 radical (unpaired) electrons. The monoisotopic (exact) mass is 366 g/mol. The van der Waals surface area contributed by atoms with Crippen molar-refractivity contribution in [3.63, 3.8) is 0 Å². The van der Waals surface area contributed by atoms with Gasteiger partial charge in [0, 0.05) is 5.70 Å². The van der Waals surface area contributed by atoms with E-state index in [1.54, 1.807) is 13.0 Å². The lowest BCUT2D eigenvalue weighted by molar-refractivity contribution is -0.136. The highest BCUT2D eigenvalue weighted by atomic mass is 19.3. The zero-order valence-corrected chi connectivity index (χ0v) is 14.2. The standard InChI is InChI=1S/C16H16F2N4O4/c1-8-12(14(23)25-3)13(22-16(21-8)19-7-20-22)9-4-5-10(26-15(17)18)11(6-9)24-2/h4-7,13,15H,1-3H3,(H,19,20,21). The van der Waals surface area contributed by atoms with Crippen molar-refractivity contribution in [2.75, 3.05) is 19.5 Å². The van der Waals surface area contributed by atoms with E-state index in [0.29, 0.717) is 22.8 Å². The average Bonchev–Trinajstić information content (AvgIpc) is 3.07. The predicted octanol–water partition coefficient (Wildman–Crippen LogP) is 2.35. The fourth-order valence-electron chi connectivity index (χ4n) is 2.82. The van der Waals surface area contributed by atoms with Gasteiger partial charge in [0.25, 0.3) is 0 Å². The number of allylic oxidation sites excluding steroid dienone is 1. The number of esters is 1. The number of rotatable bonds is 5. The second kappa shape index (κ2) is 6.98. The van der Waals surface area contributed by atoms with Crippen LogP contribution in [0.1, 0.15) is 18.5 Å². The molecule has 138 valence electrons. The summed E-state index contributed by atoms with van der Waals surface area (Å²) in [5.41, 5.74) is 1.43. The number of ether oxygens (including phenoxy) is 3. The number of fused-ring (bicyclic) bond motifs is 1. The number of aromatic nitrogens is 3. The first-order valence-electron chi connectivity index (χ1n) is 7.54. The molecule has 0 aliphatic carbocycles. The molecule has 0 amide bonds. The van der Waals surface area contributed by atoms with Gasteiger partial charge < -0.3 is 19.5 Å². The molecule has 1 unspecified atom stereocenters. The predicted molar refractivity (Wildman–Crippen MR) is 86.1 cm³/mol. The number of anilines is 1. The molecule has 26 heavy (non-hydrogen) atoms. The van der Waals surface area contributed by atoms with Gasteiger partial charge in [0.15, 0.2) is 11.5 Å². The first-order valence-corrected chi connectivity index (χ1v) is 7.54. The van der Waals surface area contributed by atoms with Crippen LogP contribution in [0.4, 0.5) is 14.7 Å². The fourth-order valence-corrected chi connectivity index (χ4v) is 2.82. The minimum absolute atomic E-state index is 0.102. The third kappa shape index (κ3) is 3.05. The minimum Gasteiger partial charge on any atom is -0.493 e. The number of alkyl halides is 2. The zero-order chi connectivity index (χ0) is 18.8. The Hall–Kier alpha value is -3.17. The normalized spacial score (nSPS) is 16.2. The van der Waals surface area contributed by atoms with Gasteiger partial charge in [-0.3, -0.25) is 0 Å². The van der Waals surface area contributed by atoms with Crippen LogP contribution in [0.2, 0.25) is 0 Å². The molecule has 1 atom stereocenters. The summed E-state index contributed by atoms with van der Waals surface area (Å²) in [4.78, 5) is 16.4. The van der Waals surface area contributed by atoms with Crippen LogP contribution in [0, 0.1) is 0 Å². The zero-order valence-electron chi connectivity index (χ0n) is 14.2. The van der Waals surface area contributed by atoms with Gasteiger partial charge in [0.05, 0.1) is 19.8 Å². The van der Waals surface area contributed by atoms with Gasteiger partial charge in [0.2, 0.25) is 5.95 Å². The molecule has 1 aromatic heterocycles. The summed E-state index contributed by atoms with van der Waals surface area (Å²) >= 11 is 0. The molecular formula is C16H16F2N4O4. The van der Waals surface area contributed by atoms with Crippen molar-refractivity contribution in [3.05, 3.63) is 41.4 Å². The number of carbonyl (C=O) groups excluding carboxylic acids is 1. The van der Waals surface area contributed by atoms with Crippen LogP contribution in [-0.2, 0) is 9.53 Å². The molecule has 8 nitrogen and oxygen atoms in total. The molecule has 0 fully saturated rings. The van der Waals surface area contributed by atoms with E-state index in [4.69, 9.17) is 9.47 Å². The molecule has 3 rings (SSSR count). The van der Waals surface area contributed by atoms with E-state index in [1.807, 2.05) is 0 Å². The Morgan fingerprint density at radius 2 is 2.08 bits per heavy atom. The largest absolute Gasteiger partial charge is 0.493 e. The Bertz CT molecular complexity index is 866. The maximum absolute atomic E-state index is 12.5. The number of methoxy groups -OCH3 is 2. The van der Waals surface area contributed by atoms with Gasteiger partial charge >= 0.3 is 12.6 Å². The van der Waals surface area contributed by atoms with Gasteiger partial charge in [0.1, 0.15) is 12.4 Å². The lowest BCUT2D eigenvalue weighted by Gasteiger charge is -2.28. The van der Waals surface area contributed by atoms with Crippen LogP contribution in [0.5, 0.6) is 11.5 Å². The highest BCUT2D eigenvalue weighted by Crippen LogP contribution is 2.39. The first kappa shape index (κ1) is 17.6. The molecule has 0 bridgehead atoms. The Labute approximate surface area is 147 Å². The SMILES string of the molecule is COC(=O)C1=C(C)Nc2ncnn2C1c1ccc(OC(F)F)c(OC)c1. The summed E-state index contributed by atoms with van der Waals surface area (Å²) < 4.78 is 41.0. The third-order valence-corrected chi connectivity index (χ3v) is 3.92. The van der Waals surface area contributed by atoms with Crippen molar-refractivity contribution in [1.29, 1.82) is 0 Å². The molecule has 0 saturated heterocycles. The van der Waals surface area contributed by atoms with E-state index >= 15 is 0 Å². The van der Waals surface area contributed by atoms with E-state index in [1.165, 1.54) is 37.4 Å². The van der Waals surface area contributed by atoms with Crippen LogP contribution in [0.3, 0.4) is 0 Å². The number of halogens is 2. The molecule has 1 aliphatic heterocycles. The molecule has 10 heteroatoms. The van der Waals surface area contributed by atoms with Crippen LogP contribution < -0.4 is 14.8 Å². The van der Waals surface area contributed by atoms with Crippen molar-refractivity contribution >= 4 is 11.9 Å². The van der Waals surface area contributed by atoms with Crippen molar-refractivity contribution in [1.82, 2.24) is 14.8 Å². The lowest BCUT2D eigenvalue weighted by atomic mass is 9.95. The lowest BCUT2D eigenvalue weighted by Crippen LogP contribution is -2.29. The number of hydrogen-bond acceptors (Lipinski definition) is 7. The highest BCUT2D eigenvalue weighted by Gasteiger charge is 2.34. The number of benzene rings is 1. The molecular weight excluding hydrogens is 350 g/mol. The maximum atomic E-state index is 12.5. The Kier molecular flexibility index (Phi) is 4.74. The van der Waals surface area contributed by atoms with Crippen molar-refractivity contribution < 1.29 is 27.8 Å².